The predicted octanol–water partition coefficient (Wildman–Crippen LogP) is 2.51. The van der Waals surface area contributed by atoms with Crippen LogP contribution in [0.3, 0.4) is 0 Å². The average molecular weight is 263 g/mol. The molecule has 0 N–H and O–H groups in total. The van der Waals surface area contributed by atoms with Crippen molar-refractivity contribution in [1.82, 2.24) is 5.06 Å². The van der Waals surface area contributed by atoms with E-state index in [1.165, 1.54) is 5.06 Å². The van der Waals surface area contributed by atoms with Crippen molar-refractivity contribution in [3.63, 3.8) is 0 Å². The maximum absolute atomic E-state index is 11.0. The van der Waals surface area contributed by atoms with Gasteiger partial charge in [-0.15, -0.1) is 0 Å². The predicted molar refractivity (Wildman–Crippen MR) is 73.3 cm³/mol. The molecule has 0 fully saturated rings. The van der Waals surface area contributed by atoms with Gasteiger partial charge in [0.2, 0.25) is 6.41 Å². The van der Waals surface area contributed by atoms with Crippen LogP contribution in [0.5, 0.6) is 0 Å². The maximum Gasteiger partial charge on any atom is 0.233 e. The van der Waals surface area contributed by atoms with Gasteiger partial charge in [0.1, 0.15) is 6.29 Å². The molecule has 1 aromatic rings. The van der Waals surface area contributed by atoms with E-state index >= 15 is 0 Å². The fraction of sp³-hybridized carbons (Fsp3) is 0.467. The molecule has 0 unspecified atom stereocenters. The molecule has 0 bridgehead atoms. The second kappa shape index (κ2) is 7.04. The average Bonchev–Trinajstić information content (AvgIpc) is 2.35. The summed E-state index contributed by atoms with van der Waals surface area (Å²) >= 11 is 0. The van der Waals surface area contributed by atoms with E-state index in [0.29, 0.717) is 19.4 Å². The van der Waals surface area contributed by atoms with Gasteiger partial charge in [0.15, 0.2) is 0 Å². The molecule has 0 aromatic heterocycles. The van der Waals surface area contributed by atoms with E-state index in [-0.39, 0.29) is 0 Å². The number of hydrogen-bond donors (Lipinski definition) is 0. The highest BCUT2D eigenvalue weighted by molar-refractivity contribution is 5.50. The minimum Gasteiger partial charge on any atom is -0.303 e. The summed E-state index contributed by atoms with van der Waals surface area (Å²) in [5.74, 6) is 0. The van der Waals surface area contributed by atoms with Crippen LogP contribution in [0.2, 0.25) is 0 Å². The van der Waals surface area contributed by atoms with Crippen LogP contribution in [0.25, 0.3) is 0 Å². The Morgan fingerprint density at radius 1 is 1.11 bits per heavy atom. The zero-order valence-corrected chi connectivity index (χ0v) is 11.8. The van der Waals surface area contributed by atoms with Crippen molar-refractivity contribution >= 4 is 12.7 Å². The Hall–Kier alpha value is -1.68. The molecule has 0 saturated heterocycles. The van der Waals surface area contributed by atoms with Crippen molar-refractivity contribution in [2.45, 2.75) is 45.8 Å². The quantitative estimate of drug-likeness (QED) is 0.561. The summed E-state index contributed by atoms with van der Waals surface area (Å²) in [6.45, 7) is 6.10. The molecule has 1 amide bonds. The van der Waals surface area contributed by atoms with E-state index in [0.717, 1.165) is 23.8 Å². The van der Waals surface area contributed by atoms with E-state index in [2.05, 4.69) is 0 Å². The summed E-state index contributed by atoms with van der Waals surface area (Å²) in [5, 5.41) is 1.29. The number of carbonyl (C=O) groups is 2. The Balaban J connectivity index is 2.60. The first-order valence-electron chi connectivity index (χ1n) is 6.37. The highest BCUT2D eigenvalue weighted by Crippen LogP contribution is 2.13. The molecule has 104 valence electrons. The number of amides is 1. The molecule has 1 aromatic carbocycles. The third-order valence-electron chi connectivity index (χ3n) is 2.42. The Morgan fingerprint density at radius 3 is 2.16 bits per heavy atom. The Kier molecular flexibility index (Phi) is 5.70. The molecule has 0 saturated carbocycles. The lowest BCUT2D eigenvalue weighted by molar-refractivity contribution is -0.220. The lowest BCUT2D eigenvalue weighted by atomic mass is 10.1. The van der Waals surface area contributed by atoms with Gasteiger partial charge in [-0.25, -0.2) is 5.06 Å². The van der Waals surface area contributed by atoms with Crippen molar-refractivity contribution in [2.24, 2.45) is 0 Å². The largest absolute Gasteiger partial charge is 0.303 e. The Labute approximate surface area is 114 Å². The Bertz CT molecular complexity index is 406. The van der Waals surface area contributed by atoms with Gasteiger partial charge in [0, 0.05) is 6.42 Å². The number of hydroxylamine groups is 2. The number of carbonyl (C=O) groups excluding carboxylic acids is 2. The normalized spacial score (nSPS) is 11.1. The standard InChI is InChI=1S/C15H21NO3/c1-15(2,3)19-16(12-18)11-14-8-6-13(7-9-14)5-4-10-17/h6-10,12H,4-5,11H2,1-3H3. The fourth-order valence-electron chi connectivity index (χ4n) is 1.66. The van der Waals surface area contributed by atoms with Crippen molar-refractivity contribution in [2.75, 3.05) is 0 Å². The maximum atomic E-state index is 11.0. The number of rotatable bonds is 7. The molecular weight excluding hydrogens is 242 g/mol. The highest BCUT2D eigenvalue weighted by Gasteiger charge is 2.16. The van der Waals surface area contributed by atoms with Gasteiger partial charge >= 0.3 is 0 Å². The summed E-state index contributed by atoms with van der Waals surface area (Å²) < 4.78 is 0. The van der Waals surface area contributed by atoms with Crippen LogP contribution in [-0.2, 0) is 27.4 Å². The molecule has 0 aliphatic carbocycles. The van der Waals surface area contributed by atoms with Crippen molar-refractivity contribution in [1.29, 1.82) is 0 Å². The third-order valence-corrected chi connectivity index (χ3v) is 2.42. The van der Waals surface area contributed by atoms with Crippen LogP contribution >= 0.6 is 0 Å². The van der Waals surface area contributed by atoms with E-state index in [1.54, 1.807) is 0 Å². The van der Waals surface area contributed by atoms with Crippen molar-refractivity contribution < 1.29 is 14.4 Å². The first kappa shape index (κ1) is 15.4. The van der Waals surface area contributed by atoms with Crippen molar-refractivity contribution in [3.8, 4) is 0 Å². The summed E-state index contributed by atoms with van der Waals surface area (Å²) in [6.07, 6.45) is 2.89. The van der Waals surface area contributed by atoms with Gasteiger partial charge in [-0.1, -0.05) is 24.3 Å². The zero-order chi connectivity index (χ0) is 14.3. The third kappa shape index (κ3) is 6.15. The minimum absolute atomic E-state index is 0.398. The second-order valence-corrected chi connectivity index (χ2v) is 5.41. The van der Waals surface area contributed by atoms with E-state index in [1.807, 2.05) is 45.0 Å². The smallest absolute Gasteiger partial charge is 0.233 e. The molecular formula is C15H21NO3. The summed E-state index contributed by atoms with van der Waals surface area (Å²) in [4.78, 5) is 26.8. The number of aldehydes is 1. The molecule has 4 nitrogen and oxygen atoms in total. The molecule has 0 aliphatic heterocycles. The number of hydrogen-bond acceptors (Lipinski definition) is 3. The summed E-state index contributed by atoms with van der Waals surface area (Å²) in [5.41, 5.74) is 1.71. The number of aryl methyl sites for hydroxylation is 1. The van der Waals surface area contributed by atoms with Crippen molar-refractivity contribution in [3.05, 3.63) is 35.4 Å². The fourth-order valence-corrected chi connectivity index (χ4v) is 1.66. The van der Waals surface area contributed by atoms with Gasteiger partial charge in [0.05, 0.1) is 12.1 Å². The minimum atomic E-state index is -0.398. The molecule has 4 heteroatoms. The first-order valence-corrected chi connectivity index (χ1v) is 6.37. The first-order chi connectivity index (χ1) is 8.94. The molecule has 0 heterocycles. The molecule has 0 aliphatic rings. The van der Waals surface area contributed by atoms with Gasteiger partial charge in [-0.05, 0) is 38.3 Å². The molecule has 0 atom stereocenters. The van der Waals surface area contributed by atoms with E-state index < -0.39 is 5.60 Å². The Morgan fingerprint density at radius 2 is 1.68 bits per heavy atom. The number of benzene rings is 1. The summed E-state index contributed by atoms with van der Waals surface area (Å²) in [7, 11) is 0. The number of nitrogens with zero attached hydrogens (tertiary/aromatic N) is 1. The second-order valence-electron chi connectivity index (χ2n) is 5.41. The van der Waals surface area contributed by atoms with Gasteiger partial charge in [-0.3, -0.25) is 9.63 Å². The van der Waals surface area contributed by atoms with Crippen LogP contribution < -0.4 is 0 Å². The molecule has 1 rings (SSSR count). The van der Waals surface area contributed by atoms with Crippen LogP contribution in [0.15, 0.2) is 24.3 Å². The monoisotopic (exact) mass is 263 g/mol. The van der Waals surface area contributed by atoms with Gasteiger partial charge in [0.25, 0.3) is 0 Å². The van der Waals surface area contributed by atoms with Crippen LogP contribution in [-0.4, -0.2) is 23.4 Å². The lowest BCUT2D eigenvalue weighted by Crippen LogP contribution is -2.32. The molecule has 0 spiro atoms. The topological polar surface area (TPSA) is 46.6 Å². The van der Waals surface area contributed by atoms with Crippen LogP contribution in [0, 0.1) is 0 Å². The zero-order valence-electron chi connectivity index (χ0n) is 11.8. The molecule has 0 radical (unpaired) electrons. The van der Waals surface area contributed by atoms with E-state index in [9.17, 15) is 9.59 Å². The van der Waals surface area contributed by atoms with Crippen LogP contribution in [0.1, 0.15) is 38.3 Å². The SMILES string of the molecule is CC(C)(C)ON(C=O)Cc1ccc(CCC=O)cc1. The highest BCUT2D eigenvalue weighted by atomic mass is 16.7. The summed E-state index contributed by atoms with van der Waals surface area (Å²) in [6, 6.07) is 7.84. The van der Waals surface area contributed by atoms with Gasteiger partial charge in [-0.2, -0.15) is 0 Å². The van der Waals surface area contributed by atoms with E-state index in [4.69, 9.17) is 4.84 Å². The molecule has 19 heavy (non-hydrogen) atoms. The van der Waals surface area contributed by atoms with Gasteiger partial charge < -0.3 is 4.79 Å². The van der Waals surface area contributed by atoms with Crippen LogP contribution in [0.4, 0.5) is 0 Å². The lowest BCUT2D eigenvalue weighted by Gasteiger charge is -2.26.